The highest BCUT2D eigenvalue weighted by Gasteiger charge is 2.22. The Labute approximate surface area is 107 Å². The molecule has 17 heavy (non-hydrogen) atoms. The number of rotatable bonds is 3. The summed E-state index contributed by atoms with van der Waals surface area (Å²) >= 11 is 2.76. The lowest BCUT2D eigenvalue weighted by Gasteiger charge is -2.21. The topological polar surface area (TPSA) is 66.4 Å². The van der Waals surface area contributed by atoms with Crippen molar-refractivity contribution in [3.8, 4) is 0 Å². The average molecular weight is 269 g/mol. The van der Waals surface area contributed by atoms with Gasteiger partial charge in [-0.1, -0.05) is 0 Å². The maximum absolute atomic E-state index is 11.5. The molecule has 6 heteroatoms. The van der Waals surface area contributed by atoms with Gasteiger partial charge in [-0.05, 0) is 25.1 Å². The summed E-state index contributed by atoms with van der Waals surface area (Å²) in [6, 6.07) is 5.61. The van der Waals surface area contributed by atoms with Crippen molar-refractivity contribution in [3.63, 3.8) is 0 Å². The second kappa shape index (κ2) is 5.01. The molecule has 4 nitrogen and oxygen atoms in total. The fourth-order valence-electron chi connectivity index (χ4n) is 1.42. The number of benzene rings is 1. The zero-order valence-corrected chi connectivity index (χ0v) is 10.7. The molecule has 0 spiro atoms. The quantitative estimate of drug-likeness (QED) is 0.824. The fourth-order valence-corrected chi connectivity index (χ4v) is 3.01. The molecule has 1 unspecified atom stereocenters. The molecule has 0 saturated heterocycles. The number of hydrogen-bond acceptors (Lipinski definition) is 4. The molecule has 0 fully saturated rings. The zero-order valence-electron chi connectivity index (χ0n) is 9.10. The van der Waals surface area contributed by atoms with Crippen molar-refractivity contribution in [1.29, 1.82) is 0 Å². The lowest BCUT2D eigenvalue weighted by molar-refractivity contribution is -0.133. The molecule has 90 valence electrons. The molecule has 0 saturated carbocycles. The molecule has 2 rings (SSSR count). The van der Waals surface area contributed by atoms with Gasteiger partial charge in [0.05, 0.1) is 16.7 Å². The van der Waals surface area contributed by atoms with Crippen molar-refractivity contribution in [3.05, 3.63) is 18.2 Å². The van der Waals surface area contributed by atoms with E-state index in [0.29, 0.717) is 0 Å². The van der Waals surface area contributed by atoms with Gasteiger partial charge in [0.2, 0.25) is 5.91 Å². The van der Waals surface area contributed by atoms with Gasteiger partial charge in [-0.3, -0.25) is 9.59 Å². The summed E-state index contributed by atoms with van der Waals surface area (Å²) in [4.78, 5) is 23.8. The van der Waals surface area contributed by atoms with Gasteiger partial charge in [0.25, 0.3) is 0 Å². The molecule has 1 heterocycles. The van der Waals surface area contributed by atoms with Crippen LogP contribution in [-0.2, 0) is 9.59 Å². The summed E-state index contributed by atoms with van der Waals surface area (Å²) < 4.78 is 0. The van der Waals surface area contributed by atoms with Gasteiger partial charge in [-0.2, -0.15) is 0 Å². The zero-order chi connectivity index (χ0) is 12.4. The van der Waals surface area contributed by atoms with E-state index in [1.165, 1.54) is 23.5 Å². The smallest absolute Gasteiger partial charge is 0.313 e. The lowest BCUT2D eigenvalue weighted by atomic mass is 10.3. The molecule has 0 aromatic heterocycles. The van der Waals surface area contributed by atoms with Crippen LogP contribution in [0, 0.1) is 0 Å². The van der Waals surface area contributed by atoms with E-state index < -0.39 is 5.97 Å². The summed E-state index contributed by atoms with van der Waals surface area (Å²) in [6.07, 6.45) is 0. The molecule has 1 aliphatic heterocycles. The SMILES string of the molecule is CC1Sc2ccc(SCC(=O)O)cc2NC1=O. The Morgan fingerprint density at radius 1 is 1.59 bits per heavy atom. The lowest BCUT2D eigenvalue weighted by Crippen LogP contribution is -2.26. The highest BCUT2D eigenvalue weighted by molar-refractivity contribution is 8.01. The van der Waals surface area contributed by atoms with E-state index in [0.717, 1.165) is 15.5 Å². The second-order valence-electron chi connectivity index (χ2n) is 3.59. The van der Waals surface area contributed by atoms with Crippen LogP contribution in [0.5, 0.6) is 0 Å². The molecule has 0 aliphatic carbocycles. The van der Waals surface area contributed by atoms with Crippen LogP contribution in [-0.4, -0.2) is 28.0 Å². The Balaban J connectivity index is 2.17. The second-order valence-corrected chi connectivity index (χ2v) is 6.02. The van der Waals surface area contributed by atoms with Crippen molar-refractivity contribution in [1.82, 2.24) is 0 Å². The maximum atomic E-state index is 11.5. The number of fused-ring (bicyclic) bond motifs is 1. The number of carbonyl (C=O) groups excluding carboxylic acids is 1. The van der Waals surface area contributed by atoms with Gasteiger partial charge >= 0.3 is 5.97 Å². The summed E-state index contributed by atoms with van der Waals surface area (Å²) in [6.45, 7) is 1.86. The number of nitrogens with one attached hydrogen (secondary N) is 1. The van der Waals surface area contributed by atoms with Crippen molar-refractivity contribution in [2.24, 2.45) is 0 Å². The van der Waals surface area contributed by atoms with Gasteiger partial charge in [-0.15, -0.1) is 23.5 Å². The van der Waals surface area contributed by atoms with Crippen molar-refractivity contribution >= 4 is 41.1 Å². The number of amides is 1. The molecule has 0 bridgehead atoms. The standard InChI is InChI=1S/C11H11NO3S2/c1-6-11(15)12-8-4-7(16-5-10(13)14)2-3-9(8)17-6/h2-4,6H,5H2,1H3,(H,12,15)(H,13,14). The number of thioether (sulfide) groups is 2. The number of carboxylic acid groups (broad SMARTS) is 1. The molecule has 2 N–H and O–H groups in total. The molecule has 0 radical (unpaired) electrons. The van der Waals surface area contributed by atoms with Gasteiger partial charge in [-0.25, -0.2) is 0 Å². The monoisotopic (exact) mass is 269 g/mol. The Hall–Kier alpha value is -1.14. The molecule has 1 atom stereocenters. The number of carboxylic acids is 1. The van der Waals surface area contributed by atoms with Gasteiger partial charge in [0, 0.05) is 9.79 Å². The van der Waals surface area contributed by atoms with Crippen LogP contribution in [0.25, 0.3) is 0 Å². The third-order valence-corrected chi connectivity index (χ3v) is 4.40. The summed E-state index contributed by atoms with van der Waals surface area (Å²) in [5, 5.41) is 11.3. The molecular weight excluding hydrogens is 258 g/mol. The molecular formula is C11H11NO3S2. The highest BCUT2D eigenvalue weighted by atomic mass is 32.2. The van der Waals surface area contributed by atoms with Crippen LogP contribution < -0.4 is 5.32 Å². The minimum Gasteiger partial charge on any atom is -0.481 e. The fraction of sp³-hybridized carbons (Fsp3) is 0.273. The predicted molar refractivity (Wildman–Crippen MR) is 68.8 cm³/mol. The first-order chi connectivity index (χ1) is 8.06. The van der Waals surface area contributed by atoms with E-state index in [1.54, 1.807) is 0 Å². The van der Waals surface area contributed by atoms with Crippen LogP contribution in [0.15, 0.2) is 28.0 Å². The van der Waals surface area contributed by atoms with Crippen LogP contribution in [0.4, 0.5) is 5.69 Å². The highest BCUT2D eigenvalue weighted by Crippen LogP contribution is 2.37. The first-order valence-corrected chi connectivity index (χ1v) is 6.89. The molecule has 1 amide bonds. The van der Waals surface area contributed by atoms with Crippen molar-refractivity contribution in [2.45, 2.75) is 22.0 Å². The first kappa shape index (κ1) is 12.3. The maximum Gasteiger partial charge on any atom is 0.313 e. The van der Waals surface area contributed by atoms with Crippen LogP contribution in [0.2, 0.25) is 0 Å². The van der Waals surface area contributed by atoms with Crippen LogP contribution in [0.3, 0.4) is 0 Å². The van der Waals surface area contributed by atoms with Gasteiger partial charge < -0.3 is 10.4 Å². The predicted octanol–water partition coefficient (Wildman–Crippen LogP) is 2.30. The normalized spacial score (nSPS) is 18.4. The van der Waals surface area contributed by atoms with E-state index >= 15 is 0 Å². The Bertz CT molecular complexity index is 476. The minimum absolute atomic E-state index is 0.0112. The number of aliphatic carboxylic acids is 1. The number of hydrogen-bond donors (Lipinski definition) is 2. The van der Waals surface area contributed by atoms with E-state index in [2.05, 4.69) is 5.32 Å². The average Bonchev–Trinajstić information content (AvgIpc) is 2.28. The van der Waals surface area contributed by atoms with E-state index in [4.69, 9.17) is 5.11 Å². The van der Waals surface area contributed by atoms with Gasteiger partial charge in [0.1, 0.15) is 0 Å². The largest absolute Gasteiger partial charge is 0.481 e. The number of anilines is 1. The number of carbonyl (C=O) groups is 2. The van der Waals surface area contributed by atoms with Gasteiger partial charge in [0.15, 0.2) is 0 Å². The van der Waals surface area contributed by atoms with Crippen LogP contribution in [0.1, 0.15) is 6.92 Å². The van der Waals surface area contributed by atoms with Crippen molar-refractivity contribution < 1.29 is 14.7 Å². The van der Waals surface area contributed by atoms with Crippen LogP contribution >= 0.6 is 23.5 Å². The third-order valence-electron chi connectivity index (χ3n) is 2.24. The van der Waals surface area contributed by atoms with E-state index in [9.17, 15) is 9.59 Å². The summed E-state index contributed by atoms with van der Waals surface area (Å²) in [5.41, 5.74) is 0.772. The Kier molecular flexibility index (Phi) is 3.63. The molecule has 1 aromatic carbocycles. The molecule has 1 aromatic rings. The minimum atomic E-state index is -0.847. The van der Waals surface area contributed by atoms with E-state index in [1.807, 2.05) is 25.1 Å². The summed E-state index contributed by atoms with van der Waals surface area (Å²) in [7, 11) is 0. The van der Waals surface area contributed by atoms with E-state index in [-0.39, 0.29) is 16.9 Å². The Morgan fingerprint density at radius 2 is 2.35 bits per heavy atom. The van der Waals surface area contributed by atoms with Crippen molar-refractivity contribution in [2.75, 3.05) is 11.1 Å². The summed E-state index contributed by atoms with van der Waals surface area (Å²) in [5.74, 6) is -0.835. The first-order valence-electron chi connectivity index (χ1n) is 5.02. The Morgan fingerprint density at radius 3 is 3.06 bits per heavy atom. The third kappa shape index (κ3) is 2.95. The molecule has 1 aliphatic rings.